The van der Waals surface area contributed by atoms with Crippen molar-refractivity contribution in [2.45, 2.75) is 58.3 Å². The number of aryl methyl sites for hydroxylation is 1. The minimum atomic E-state index is -1.29. The lowest BCUT2D eigenvalue weighted by Gasteiger charge is -2.32. The van der Waals surface area contributed by atoms with Crippen LogP contribution in [-0.4, -0.2) is 25.7 Å². The zero-order valence-corrected chi connectivity index (χ0v) is 18.0. The van der Waals surface area contributed by atoms with Crippen LogP contribution in [0.15, 0.2) is 42.5 Å². The molecule has 2 heterocycles. The molecule has 1 spiro atoms. The second-order valence-electron chi connectivity index (χ2n) is 8.13. The highest BCUT2D eigenvalue weighted by molar-refractivity contribution is 6.06. The number of hydrogen-bond donors (Lipinski definition) is 0. The van der Waals surface area contributed by atoms with Gasteiger partial charge in [-0.25, -0.2) is 0 Å². The van der Waals surface area contributed by atoms with Crippen molar-refractivity contribution in [2.75, 3.05) is 24.7 Å². The van der Waals surface area contributed by atoms with Crippen LogP contribution in [0.3, 0.4) is 0 Å². The Kier molecular flexibility index (Phi) is 6.40. The van der Waals surface area contributed by atoms with Crippen LogP contribution in [-0.2, 0) is 26.6 Å². The minimum Gasteiger partial charge on any atom is -0.494 e. The Morgan fingerprint density at radius 1 is 1.03 bits per heavy atom. The van der Waals surface area contributed by atoms with Crippen LogP contribution < -0.4 is 9.64 Å². The van der Waals surface area contributed by atoms with E-state index in [-0.39, 0.29) is 5.91 Å². The van der Waals surface area contributed by atoms with Crippen LogP contribution in [0.2, 0.25) is 0 Å². The van der Waals surface area contributed by atoms with E-state index in [0.29, 0.717) is 19.8 Å². The number of anilines is 1. The number of unbranched alkanes of at least 4 members (excludes halogenated alkanes) is 3. The van der Waals surface area contributed by atoms with Crippen LogP contribution >= 0.6 is 0 Å². The van der Waals surface area contributed by atoms with E-state index in [0.717, 1.165) is 47.6 Å². The van der Waals surface area contributed by atoms with Gasteiger partial charge in [-0.3, -0.25) is 4.79 Å². The topological polar surface area (TPSA) is 48.0 Å². The summed E-state index contributed by atoms with van der Waals surface area (Å²) in [6.07, 6.45) is 5.56. The molecular weight excluding hydrogens is 378 g/mol. The fraction of sp³-hybridized carbons (Fsp3) is 0.480. The zero-order valence-electron chi connectivity index (χ0n) is 18.0. The van der Waals surface area contributed by atoms with Crippen LogP contribution in [0.5, 0.6) is 5.75 Å². The van der Waals surface area contributed by atoms with Gasteiger partial charge >= 0.3 is 0 Å². The van der Waals surface area contributed by atoms with Gasteiger partial charge in [0.1, 0.15) is 5.75 Å². The van der Waals surface area contributed by atoms with Crippen molar-refractivity contribution < 1.29 is 19.0 Å². The van der Waals surface area contributed by atoms with Gasteiger partial charge in [0.25, 0.3) is 11.7 Å². The molecule has 1 saturated heterocycles. The largest absolute Gasteiger partial charge is 0.494 e. The normalized spacial score (nSPS) is 17.4. The van der Waals surface area contributed by atoms with Crippen molar-refractivity contribution in [1.29, 1.82) is 0 Å². The number of fused-ring (bicyclic) bond motifs is 2. The van der Waals surface area contributed by atoms with Gasteiger partial charge in [0.2, 0.25) is 0 Å². The Bertz CT molecular complexity index is 871. The molecule has 2 aromatic rings. The van der Waals surface area contributed by atoms with E-state index in [1.807, 2.05) is 49.4 Å². The third-order valence-electron chi connectivity index (χ3n) is 5.75. The van der Waals surface area contributed by atoms with Crippen molar-refractivity contribution >= 4 is 11.6 Å². The number of ether oxygens (including phenoxy) is 3. The summed E-state index contributed by atoms with van der Waals surface area (Å²) in [6, 6.07) is 14.0. The lowest BCUT2D eigenvalue weighted by atomic mass is 10.0. The van der Waals surface area contributed by atoms with Gasteiger partial charge < -0.3 is 19.1 Å². The molecule has 1 fully saturated rings. The average Bonchev–Trinajstić information content (AvgIpc) is 2.97. The van der Waals surface area contributed by atoms with E-state index in [1.54, 1.807) is 4.90 Å². The molecule has 0 radical (unpaired) electrons. The van der Waals surface area contributed by atoms with E-state index in [1.165, 1.54) is 19.3 Å². The number of hydrogen-bond acceptors (Lipinski definition) is 4. The molecule has 2 aliphatic heterocycles. The second-order valence-corrected chi connectivity index (χ2v) is 8.13. The first-order valence-corrected chi connectivity index (χ1v) is 11.1. The fourth-order valence-electron chi connectivity index (χ4n) is 4.11. The Balaban J connectivity index is 1.47. The molecule has 5 nitrogen and oxygen atoms in total. The number of rotatable bonds is 8. The highest BCUT2D eigenvalue weighted by Crippen LogP contribution is 2.46. The van der Waals surface area contributed by atoms with E-state index >= 15 is 0 Å². The summed E-state index contributed by atoms with van der Waals surface area (Å²) < 4.78 is 17.7. The first-order valence-electron chi connectivity index (χ1n) is 11.1. The van der Waals surface area contributed by atoms with Gasteiger partial charge in [-0.15, -0.1) is 0 Å². The molecule has 0 aliphatic carbocycles. The van der Waals surface area contributed by atoms with Crippen molar-refractivity contribution in [2.24, 2.45) is 0 Å². The van der Waals surface area contributed by atoms with Gasteiger partial charge in [0.05, 0.1) is 32.1 Å². The Hall–Kier alpha value is -2.37. The molecule has 4 rings (SSSR count). The standard InChI is InChI=1S/C25H31NO4/c1-3-4-5-6-14-28-21-11-9-20(10-12-21)18-26-23-13-8-19(2)17-22(23)25(24(26)27)29-15-7-16-30-25/h8-13,17H,3-7,14-16,18H2,1-2H3. The number of amides is 1. The number of nitrogens with zero attached hydrogens (tertiary/aromatic N) is 1. The molecule has 30 heavy (non-hydrogen) atoms. The Labute approximate surface area is 178 Å². The lowest BCUT2D eigenvalue weighted by Crippen LogP contribution is -2.47. The fourth-order valence-corrected chi connectivity index (χ4v) is 4.11. The summed E-state index contributed by atoms with van der Waals surface area (Å²) in [6.45, 7) is 6.49. The van der Waals surface area contributed by atoms with Gasteiger partial charge in [-0.05, 0) is 49.6 Å². The van der Waals surface area contributed by atoms with Gasteiger partial charge in [0, 0.05) is 5.56 Å². The van der Waals surface area contributed by atoms with E-state index in [9.17, 15) is 4.79 Å². The maximum Gasteiger partial charge on any atom is 0.292 e. The SMILES string of the molecule is CCCCCCOc1ccc(CN2C(=O)C3(OCCCO3)c3cc(C)ccc32)cc1. The van der Waals surface area contributed by atoms with Crippen LogP contribution in [0.25, 0.3) is 0 Å². The molecule has 2 aromatic carbocycles. The van der Waals surface area contributed by atoms with Crippen molar-refractivity contribution in [3.63, 3.8) is 0 Å². The quantitative estimate of drug-likeness (QED) is 0.570. The summed E-state index contributed by atoms with van der Waals surface area (Å²) in [5.41, 5.74) is 3.81. The monoisotopic (exact) mass is 409 g/mol. The first kappa shape index (κ1) is 20.9. The summed E-state index contributed by atoms with van der Waals surface area (Å²) in [5, 5.41) is 0. The molecule has 1 amide bonds. The van der Waals surface area contributed by atoms with Gasteiger partial charge in [-0.1, -0.05) is 49.9 Å². The molecule has 0 N–H and O–H groups in total. The number of benzene rings is 2. The van der Waals surface area contributed by atoms with E-state index in [2.05, 4.69) is 6.92 Å². The van der Waals surface area contributed by atoms with E-state index < -0.39 is 5.79 Å². The predicted molar refractivity (Wildman–Crippen MR) is 117 cm³/mol. The molecule has 5 heteroatoms. The lowest BCUT2D eigenvalue weighted by molar-refractivity contribution is -0.256. The Morgan fingerprint density at radius 3 is 2.53 bits per heavy atom. The Morgan fingerprint density at radius 2 is 1.80 bits per heavy atom. The maximum atomic E-state index is 13.4. The minimum absolute atomic E-state index is 0.140. The molecule has 0 unspecified atom stereocenters. The second kappa shape index (κ2) is 9.19. The highest BCUT2D eigenvalue weighted by Gasteiger charge is 2.54. The summed E-state index contributed by atoms with van der Waals surface area (Å²) in [5.74, 6) is -0.560. The van der Waals surface area contributed by atoms with Gasteiger partial charge in [0.15, 0.2) is 0 Å². The highest BCUT2D eigenvalue weighted by atomic mass is 16.7. The molecule has 0 bridgehead atoms. The van der Waals surface area contributed by atoms with Crippen molar-refractivity contribution in [1.82, 2.24) is 0 Å². The molecule has 160 valence electrons. The molecule has 0 aromatic heterocycles. The summed E-state index contributed by atoms with van der Waals surface area (Å²) >= 11 is 0. The summed E-state index contributed by atoms with van der Waals surface area (Å²) in [4.78, 5) is 15.2. The van der Waals surface area contributed by atoms with E-state index in [4.69, 9.17) is 14.2 Å². The zero-order chi connectivity index (χ0) is 21.0. The van der Waals surface area contributed by atoms with Crippen molar-refractivity contribution in [3.8, 4) is 5.75 Å². The molecule has 0 saturated carbocycles. The van der Waals surface area contributed by atoms with Gasteiger partial charge in [-0.2, -0.15) is 0 Å². The van der Waals surface area contributed by atoms with Crippen molar-refractivity contribution in [3.05, 3.63) is 59.2 Å². The first-order chi connectivity index (χ1) is 14.6. The van der Waals surface area contributed by atoms with Crippen LogP contribution in [0.1, 0.15) is 55.7 Å². The molecule has 2 aliphatic rings. The molecule has 0 atom stereocenters. The maximum absolute atomic E-state index is 13.4. The predicted octanol–water partition coefficient (Wildman–Crippen LogP) is 5.09. The smallest absolute Gasteiger partial charge is 0.292 e. The third kappa shape index (κ3) is 4.09. The summed E-state index contributed by atoms with van der Waals surface area (Å²) in [7, 11) is 0. The average molecular weight is 410 g/mol. The third-order valence-corrected chi connectivity index (χ3v) is 5.75. The van der Waals surface area contributed by atoms with Crippen LogP contribution in [0, 0.1) is 6.92 Å². The van der Waals surface area contributed by atoms with Crippen LogP contribution in [0.4, 0.5) is 5.69 Å². The molecular formula is C25H31NO4. The number of carbonyl (C=O) groups excluding carboxylic acids is 1. The number of carbonyl (C=O) groups is 1.